The van der Waals surface area contributed by atoms with Gasteiger partial charge in [-0.1, -0.05) is 47.5 Å². The molecule has 8 heteroatoms. The van der Waals surface area contributed by atoms with E-state index in [0.29, 0.717) is 16.7 Å². The number of benzene rings is 3. The number of unbranched alkanes of at least 4 members (excludes halogenated alkanes) is 1. The van der Waals surface area contributed by atoms with Crippen LogP contribution in [0.25, 0.3) is 6.08 Å². The van der Waals surface area contributed by atoms with E-state index in [1.54, 1.807) is 14.2 Å². The van der Waals surface area contributed by atoms with Crippen LogP contribution in [0, 0.1) is 0 Å². The monoisotopic (exact) mass is 581 g/mol. The number of methoxy groups -OCH3 is 2. The summed E-state index contributed by atoms with van der Waals surface area (Å²) in [6.07, 6.45) is 6.51. The van der Waals surface area contributed by atoms with Crippen LogP contribution >= 0.6 is 23.2 Å². The molecule has 0 saturated carbocycles. The molecule has 0 bridgehead atoms. The molecule has 0 aliphatic carbocycles. The van der Waals surface area contributed by atoms with Crippen LogP contribution < -0.4 is 24.0 Å². The lowest BCUT2D eigenvalue weighted by atomic mass is 10.1. The quantitative estimate of drug-likeness (QED) is 0.226. The van der Waals surface area contributed by atoms with Gasteiger partial charge < -0.3 is 24.0 Å². The Bertz CT molecular complexity index is 1320. The van der Waals surface area contributed by atoms with Crippen molar-refractivity contribution < 1.29 is 14.2 Å². The second kappa shape index (κ2) is 13.5. The Hall–Kier alpha value is -3.06. The number of nitrogens with zero attached hydrogens (tertiary/aromatic N) is 3. The largest absolute Gasteiger partial charge is 0.494 e. The summed E-state index contributed by atoms with van der Waals surface area (Å²) in [5.74, 6) is 2.40. The number of ether oxygens (including phenoxy) is 3. The van der Waals surface area contributed by atoms with Crippen molar-refractivity contribution in [2.75, 3.05) is 69.9 Å². The minimum Gasteiger partial charge on any atom is -0.494 e. The molecule has 2 heterocycles. The molecule has 0 aromatic heterocycles. The average Bonchev–Trinajstić information content (AvgIpc) is 2.99. The molecule has 212 valence electrons. The molecule has 0 N–H and O–H groups in total. The second-order valence-corrected chi connectivity index (χ2v) is 10.9. The highest BCUT2D eigenvalue weighted by molar-refractivity contribution is 6.43. The average molecular weight is 583 g/mol. The topological polar surface area (TPSA) is 37.4 Å². The van der Waals surface area contributed by atoms with Gasteiger partial charge in [-0.05, 0) is 66.9 Å². The standard InChI is InChI=1S/C32H37Cl2N3O3/c1-38-30-13-10-24(21-31(30)39-2)23-37-15-6-7-25-11-12-26(22-29(25)37)40-20-4-3-14-35-16-18-36(19-17-35)28-9-5-8-27(33)32(28)34/h5-13,21-22H,3-4,14-20,23H2,1-2H3. The SMILES string of the molecule is COc1ccc(CN2CC=Cc3ccc(OCCCCN4CCN(c5cccc(Cl)c5Cl)CC4)cc32)cc1OC. The molecule has 3 aromatic rings. The van der Waals surface area contributed by atoms with Crippen molar-refractivity contribution >= 4 is 40.7 Å². The van der Waals surface area contributed by atoms with Crippen LogP contribution in [0.5, 0.6) is 17.2 Å². The molecule has 2 aliphatic rings. The minimum atomic E-state index is 0.614. The first kappa shape index (κ1) is 28.5. The Balaban J connectivity index is 1.08. The van der Waals surface area contributed by atoms with E-state index in [4.69, 9.17) is 37.4 Å². The third kappa shape index (κ3) is 6.80. The Labute approximate surface area is 247 Å². The number of anilines is 2. The van der Waals surface area contributed by atoms with Gasteiger partial charge in [-0.3, -0.25) is 4.90 Å². The van der Waals surface area contributed by atoms with Gasteiger partial charge in [0.2, 0.25) is 0 Å². The van der Waals surface area contributed by atoms with Crippen molar-refractivity contribution in [2.45, 2.75) is 19.4 Å². The summed E-state index contributed by atoms with van der Waals surface area (Å²) in [6, 6.07) is 18.3. The van der Waals surface area contributed by atoms with E-state index in [9.17, 15) is 0 Å². The van der Waals surface area contributed by atoms with Crippen LogP contribution in [0.15, 0.2) is 60.7 Å². The van der Waals surface area contributed by atoms with Crippen LogP contribution in [-0.2, 0) is 6.54 Å². The number of piperazine rings is 1. The van der Waals surface area contributed by atoms with E-state index in [1.165, 1.54) is 16.8 Å². The van der Waals surface area contributed by atoms with E-state index in [-0.39, 0.29) is 0 Å². The van der Waals surface area contributed by atoms with E-state index in [2.05, 4.69) is 51.1 Å². The number of hydrogen-bond acceptors (Lipinski definition) is 6. The summed E-state index contributed by atoms with van der Waals surface area (Å²) in [4.78, 5) is 7.21. The summed E-state index contributed by atoms with van der Waals surface area (Å²) in [5.41, 5.74) is 4.59. The third-order valence-corrected chi connectivity index (χ3v) is 8.38. The molecule has 2 aliphatic heterocycles. The predicted octanol–water partition coefficient (Wildman–Crippen LogP) is 7.03. The predicted molar refractivity (Wildman–Crippen MR) is 166 cm³/mol. The van der Waals surface area contributed by atoms with Gasteiger partial charge in [0, 0.05) is 51.0 Å². The molecule has 0 spiro atoms. The van der Waals surface area contributed by atoms with Crippen LogP contribution in [0.3, 0.4) is 0 Å². The zero-order chi connectivity index (χ0) is 27.9. The van der Waals surface area contributed by atoms with Crippen molar-refractivity contribution in [3.05, 3.63) is 81.8 Å². The lowest BCUT2D eigenvalue weighted by Crippen LogP contribution is -2.46. The van der Waals surface area contributed by atoms with Crippen molar-refractivity contribution in [3.63, 3.8) is 0 Å². The van der Waals surface area contributed by atoms with Gasteiger partial charge in [0.15, 0.2) is 11.5 Å². The maximum absolute atomic E-state index is 6.42. The van der Waals surface area contributed by atoms with Gasteiger partial charge in [0.25, 0.3) is 0 Å². The summed E-state index contributed by atoms with van der Waals surface area (Å²) >= 11 is 12.6. The lowest BCUT2D eigenvalue weighted by Gasteiger charge is -2.36. The van der Waals surface area contributed by atoms with Crippen molar-refractivity contribution in [2.24, 2.45) is 0 Å². The van der Waals surface area contributed by atoms with Gasteiger partial charge in [0.1, 0.15) is 5.75 Å². The summed E-state index contributed by atoms with van der Waals surface area (Å²) in [5, 5.41) is 1.26. The highest BCUT2D eigenvalue weighted by Crippen LogP contribution is 2.34. The fraction of sp³-hybridized carbons (Fsp3) is 0.375. The maximum Gasteiger partial charge on any atom is 0.161 e. The summed E-state index contributed by atoms with van der Waals surface area (Å²) in [7, 11) is 3.33. The van der Waals surface area contributed by atoms with E-state index >= 15 is 0 Å². The number of rotatable bonds is 11. The van der Waals surface area contributed by atoms with Gasteiger partial charge in [-0.25, -0.2) is 0 Å². The minimum absolute atomic E-state index is 0.614. The summed E-state index contributed by atoms with van der Waals surface area (Å²) < 4.78 is 17.1. The van der Waals surface area contributed by atoms with Crippen LogP contribution in [0.1, 0.15) is 24.0 Å². The molecule has 0 atom stereocenters. The van der Waals surface area contributed by atoms with E-state index < -0.39 is 0 Å². The van der Waals surface area contributed by atoms with Gasteiger partial charge in [-0.15, -0.1) is 0 Å². The first-order valence-corrected chi connectivity index (χ1v) is 14.6. The highest BCUT2D eigenvalue weighted by Gasteiger charge is 2.20. The molecule has 40 heavy (non-hydrogen) atoms. The second-order valence-electron chi connectivity index (χ2n) is 10.2. The molecular weight excluding hydrogens is 545 g/mol. The number of fused-ring (bicyclic) bond motifs is 1. The smallest absolute Gasteiger partial charge is 0.161 e. The normalized spacial score (nSPS) is 15.2. The van der Waals surface area contributed by atoms with Gasteiger partial charge >= 0.3 is 0 Å². The Kier molecular flexibility index (Phi) is 9.63. The van der Waals surface area contributed by atoms with Crippen LogP contribution in [-0.4, -0.2) is 65.0 Å². The molecule has 1 saturated heterocycles. The highest BCUT2D eigenvalue weighted by atomic mass is 35.5. The third-order valence-electron chi connectivity index (χ3n) is 7.57. The van der Waals surface area contributed by atoms with Gasteiger partial charge in [-0.2, -0.15) is 0 Å². The zero-order valence-corrected chi connectivity index (χ0v) is 24.8. The van der Waals surface area contributed by atoms with E-state index in [0.717, 1.165) is 81.6 Å². The van der Waals surface area contributed by atoms with E-state index in [1.807, 2.05) is 30.3 Å². The first-order valence-electron chi connectivity index (χ1n) is 13.9. The summed E-state index contributed by atoms with van der Waals surface area (Å²) in [6.45, 7) is 7.38. The number of hydrogen-bond donors (Lipinski definition) is 0. The molecule has 0 unspecified atom stereocenters. The maximum atomic E-state index is 6.42. The molecule has 3 aromatic carbocycles. The Morgan fingerprint density at radius 1 is 0.825 bits per heavy atom. The zero-order valence-electron chi connectivity index (χ0n) is 23.2. The molecule has 5 rings (SSSR count). The molecule has 6 nitrogen and oxygen atoms in total. The Morgan fingerprint density at radius 3 is 2.45 bits per heavy atom. The lowest BCUT2D eigenvalue weighted by molar-refractivity contribution is 0.238. The molecular formula is C32H37Cl2N3O3. The first-order chi connectivity index (χ1) is 19.6. The van der Waals surface area contributed by atoms with Crippen molar-refractivity contribution in [1.82, 2.24) is 4.90 Å². The molecule has 1 fully saturated rings. The van der Waals surface area contributed by atoms with Crippen molar-refractivity contribution in [3.8, 4) is 17.2 Å². The van der Waals surface area contributed by atoms with Crippen LogP contribution in [0.2, 0.25) is 10.0 Å². The van der Waals surface area contributed by atoms with Crippen LogP contribution in [0.4, 0.5) is 11.4 Å². The molecule has 0 radical (unpaired) electrons. The Morgan fingerprint density at radius 2 is 1.65 bits per heavy atom. The van der Waals surface area contributed by atoms with Crippen molar-refractivity contribution in [1.29, 1.82) is 0 Å². The number of halogens is 2. The van der Waals surface area contributed by atoms with Gasteiger partial charge in [0.05, 0.1) is 36.6 Å². The molecule has 0 amide bonds. The fourth-order valence-electron chi connectivity index (χ4n) is 5.36. The fourth-order valence-corrected chi connectivity index (χ4v) is 5.77.